The van der Waals surface area contributed by atoms with Crippen LogP contribution < -0.4 is 11.2 Å². The van der Waals surface area contributed by atoms with E-state index in [1.54, 1.807) is 25.5 Å². The molecule has 0 bridgehead atoms. The van der Waals surface area contributed by atoms with E-state index < -0.39 is 11.7 Å². The van der Waals surface area contributed by atoms with E-state index in [4.69, 9.17) is 10.5 Å². The second-order valence-corrected chi connectivity index (χ2v) is 5.13. The summed E-state index contributed by atoms with van der Waals surface area (Å²) in [5, 5.41) is 5.09. The number of nitrogens with one attached hydrogen (secondary N) is 1. The fraction of sp³-hybridized carbons (Fsp3) is 0.583. The van der Waals surface area contributed by atoms with Crippen LogP contribution in [0.15, 0.2) is 6.20 Å². The standard InChI is InChI=1S/C12H21N5O3/c1-5-16-10(13)9(8-14-16)15-17(6-7-18)11(19)20-12(2,3)4/h7-8,15H,5-6,13H2,1-4H3. The Kier molecular flexibility index (Phi) is 4.95. The van der Waals surface area contributed by atoms with Crippen LogP contribution in [0.3, 0.4) is 0 Å². The molecule has 8 nitrogen and oxygen atoms in total. The SMILES string of the molecule is CCn1ncc(NN(CC=O)C(=O)OC(C)(C)C)c1N. The molecule has 0 unspecified atom stereocenters. The maximum absolute atomic E-state index is 12.0. The lowest BCUT2D eigenvalue weighted by atomic mass is 10.2. The highest BCUT2D eigenvalue weighted by molar-refractivity contribution is 5.75. The van der Waals surface area contributed by atoms with Crippen LogP contribution in [0.25, 0.3) is 0 Å². The van der Waals surface area contributed by atoms with Gasteiger partial charge in [0.25, 0.3) is 0 Å². The summed E-state index contributed by atoms with van der Waals surface area (Å²) in [6.45, 7) is 7.57. The van der Waals surface area contributed by atoms with Crippen molar-refractivity contribution in [1.82, 2.24) is 14.8 Å². The van der Waals surface area contributed by atoms with Gasteiger partial charge < -0.3 is 15.3 Å². The fourth-order valence-electron chi connectivity index (χ4n) is 1.44. The molecule has 0 saturated carbocycles. The van der Waals surface area contributed by atoms with Crippen molar-refractivity contribution in [1.29, 1.82) is 0 Å². The van der Waals surface area contributed by atoms with E-state index in [0.29, 0.717) is 24.3 Å². The van der Waals surface area contributed by atoms with E-state index in [2.05, 4.69) is 10.5 Å². The zero-order valence-corrected chi connectivity index (χ0v) is 12.2. The van der Waals surface area contributed by atoms with Crippen molar-refractivity contribution in [2.45, 2.75) is 39.8 Å². The molecule has 0 aliphatic rings. The predicted molar refractivity (Wildman–Crippen MR) is 74.9 cm³/mol. The highest BCUT2D eigenvalue weighted by Gasteiger charge is 2.23. The van der Waals surface area contributed by atoms with Crippen molar-refractivity contribution in [3.63, 3.8) is 0 Å². The second kappa shape index (κ2) is 6.27. The minimum absolute atomic E-state index is 0.161. The molecule has 1 aromatic rings. The van der Waals surface area contributed by atoms with Gasteiger partial charge in [-0.3, -0.25) is 5.43 Å². The summed E-state index contributed by atoms with van der Waals surface area (Å²) in [5.41, 5.74) is 8.39. The molecule has 0 aliphatic heterocycles. The Balaban J connectivity index is 2.83. The van der Waals surface area contributed by atoms with Gasteiger partial charge in [-0.25, -0.2) is 14.5 Å². The number of nitrogens with zero attached hydrogens (tertiary/aromatic N) is 3. The number of hydrogen-bond donors (Lipinski definition) is 2. The first kappa shape index (κ1) is 15.8. The first-order chi connectivity index (χ1) is 9.28. The Morgan fingerprint density at radius 3 is 2.70 bits per heavy atom. The van der Waals surface area contributed by atoms with Crippen molar-refractivity contribution >= 4 is 23.9 Å². The number of hydrogen-bond acceptors (Lipinski definition) is 6. The molecule has 8 heteroatoms. The van der Waals surface area contributed by atoms with Gasteiger partial charge in [0.1, 0.15) is 29.9 Å². The molecule has 0 radical (unpaired) electrons. The van der Waals surface area contributed by atoms with Crippen LogP contribution in [-0.4, -0.2) is 39.3 Å². The highest BCUT2D eigenvalue weighted by atomic mass is 16.6. The van der Waals surface area contributed by atoms with E-state index in [-0.39, 0.29) is 6.54 Å². The molecule has 0 aromatic carbocycles. The van der Waals surface area contributed by atoms with Gasteiger partial charge in [0.2, 0.25) is 0 Å². The van der Waals surface area contributed by atoms with Crippen molar-refractivity contribution < 1.29 is 14.3 Å². The van der Waals surface area contributed by atoms with Crippen molar-refractivity contribution in [3.8, 4) is 0 Å². The van der Waals surface area contributed by atoms with E-state index in [1.807, 2.05) is 6.92 Å². The molecular formula is C12H21N5O3. The van der Waals surface area contributed by atoms with E-state index in [0.717, 1.165) is 5.01 Å². The number of anilines is 2. The lowest BCUT2D eigenvalue weighted by Gasteiger charge is -2.26. The number of carbonyl (C=O) groups is 2. The maximum Gasteiger partial charge on any atom is 0.429 e. The number of carbonyl (C=O) groups excluding carboxylic acids is 2. The second-order valence-electron chi connectivity index (χ2n) is 5.13. The topological polar surface area (TPSA) is 102 Å². The van der Waals surface area contributed by atoms with Crippen molar-refractivity contribution in [2.24, 2.45) is 0 Å². The molecule has 1 rings (SSSR count). The van der Waals surface area contributed by atoms with Crippen LogP contribution in [0.1, 0.15) is 27.7 Å². The number of aryl methyl sites for hydroxylation is 1. The summed E-state index contributed by atoms with van der Waals surface area (Å²) in [4.78, 5) is 22.6. The number of nitrogens with two attached hydrogens (primary N) is 1. The van der Waals surface area contributed by atoms with E-state index in [9.17, 15) is 9.59 Å². The maximum atomic E-state index is 12.0. The number of aromatic nitrogens is 2. The Labute approximate surface area is 117 Å². The molecule has 0 aliphatic carbocycles. The first-order valence-corrected chi connectivity index (χ1v) is 6.30. The largest absolute Gasteiger partial charge is 0.442 e. The fourth-order valence-corrected chi connectivity index (χ4v) is 1.44. The lowest BCUT2D eigenvalue weighted by molar-refractivity contribution is -0.108. The molecule has 1 aromatic heterocycles. The summed E-state index contributed by atoms with van der Waals surface area (Å²) >= 11 is 0. The monoisotopic (exact) mass is 283 g/mol. The molecule has 1 amide bonds. The third kappa shape index (κ3) is 4.15. The van der Waals surface area contributed by atoms with E-state index >= 15 is 0 Å². The highest BCUT2D eigenvalue weighted by Crippen LogP contribution is 2.19. The zero-order chi connectivity index (χ0) is 15.3. The van der Waals surface area contributed by atoms with E-state index in [1.165, 1.54) is 6.20 Å². The Morgan fingerprint density at radius 1 is 1.60 bits per heavy atom. The van der Waals surface area contributed by atoms with Crippen molar-refractivity contribution in [3.05, 3.63) is 6.20 Å². The zero-order valence-electron chi connectivity index (χ0n) is 12.2. The lowest BCUT2D eigenvalue weighted by Crippen LogP contribution is -2.41. The quantitative estimate of drug-likeness (QED) is 0.622. The number of hydrazine groups is 1. The summed E-state index contributed by atoms with van der Waals surface area (Å²) in [6, 6.07) is 0. The average molecular weight is 283 g/mol. The molecule has 0 atom stereocenters. The van der Waals surface area contributed by atoms with Gasteiger partial charge in [0.15, 0.2) is 0 Å². The van der Waals surface area contributed by atoms with Crippen molar-refractivity contribution in [2.75, 3.05) is 17.7 Å². The molecule has 1 heterocycles. The number of nitrogen functional groups attached to an aromatic ring is 1. The molecule has 3 N–H and O–H groups in total. The minimum Gasteiger partial charge on any atom is -0.442 e. The predicted octanol–water partition coefficient (Wildman–Crippen LogP) is 1.25. The molecule has 0 saturated heterocycles. The van der Waals surface area contributed by atoms with Crippen LogP contribution in [0, 0.1) is 0 Å². The summed E-state index contributed by atoms with van der Waals surface area (Å²) in [7, 11) is 0. The molecule has 20 heavy (non-hydrogen) atoms. The average Bonchev–Trinajstić information content (AvgIpc) is 2.67. The normalized spacial score (nSPS) is 11.0. The van der Waals surface area contributed by atoms with Gasteiger partial charge in [-0.1, -0.05) is 0 Å². The van der Waals surface area contributed by atoms with Crippen LogP contribution >= 0.6 is 0 Å². The van der Waals surface area contributed by atoms with Crippen LogP contribution in [0.5, 0.6) is 0 Å². The third-order valence-corrected chi connectivity index (χ3v) is 2.31. The summed E-state index contributed by atoms with van der Waals surface area (Å²) in [5.74, 6) is 0.381. The number of aldehydes is 1. The van der Waals surface area contributed by atoms with Crippen LogP contribution in [0.4, 0.5) is 16.3 Å². The molecule has 112 valence electrons. The summed E-state index contributed by atoms with van der Waals surface area (Å²) < 4.78 is 6.76. The van der Waals surface area contributed by atoms with Gasteiger partial charge in [-0.05, 0) is 27.7 Å². The third-order valence-electron chi connectivity index (χ3n) is 2.31. The molecule has 0 fully saturated rings. The Hall–Kier alpha value is -2.25. The Morgan fingerprint density at radius 2 is 2.25 bits per heavy atom. The number of ether oxygens (including phenoxy) is 1. The molecular weight excluding hydrogens is 262 g/mol. The summed E-state index contributed by atoms with van der Waals surface area (Å²) in [6.07, 6.45) is 1.42. The van der Waals surface area contributed by atoms with Gasteiger partial charge in [0.05, 0.1) is 6.20 Å². The van der Waals surface area contributed by atoms with Gasteiger partial charge in [-0.15, -0.1) is 0 Å². The number of rotatable bonds is 5. The van der Waals surface area contributed by atoms with Gasteiger partial charge in [-0.2, -0.15) is 5.10 Å². The van der Waals surface area contributed by atoms with Gasteiger partial charge in [0, 0.05) is 6.54 Å². The smallest absolute Gasteiger partial charge is 0.429 e. The molecule has 0 spiro atoms. The van der Waals surface area contributed by atoms with Crippen LogP contribution in [0.2, 0.25) is 0 Å². The number of amides is 1. The Bertz CT molecular complexity index is 478. The first-order valence-electron chi connectivity index (χ1n) is 6.30. The minimum atomic E-state index is -0.659. The van der Waals surface area contributed by atoms with Crippen LogP contribution in [-0.2, 0) is 16.1 Å². The van der Waals surface area contributed by atoms with Gasteiger partial charge >= 0.3 is 6.09 Å².